The van der Waals surface area contributed by atoms with Crippen LogP contribution in [0.4, 0.5) is 0 Å². The van der Waals surface area contributed by atoms with Gasteiger partial charge in [-0.2, -0.15) is 0 Å². The van der Waals surface area contributed by atoms with Crippen molar-refractivity contribution >= 4 is 66.8 Å². The van der Waals surface area contributed by atoms with Crippen molar-refractivity contribution < 1.29 is 4.42 Å². The maximum Gasteiger partial charge on any atom is 0.135 e. The number of fused-ring (bicyclic) bond motifs is 7. The van der Waals surface area contributed by atoms with Crippen molar-refractivity contribution in [2.45, 2.75) is 6.92 Å². The first-order valence-electron chi connectivity index (χ1n) is 15.7. The molecule has 0 spiro atoms. The van der Waals surface area contributed by atoms with E-state index in [0.29, 0.717) is 0 Å². The number of aromatic nitrogens is 2. The number of rotatable bonds is 5. The van der Waals surface area contributed by atoms with Crippen molar-refractivity contribution in [3.8, 4) is 22.5 Å². The molecule has 0 aliphatic heterocycles. The van der Waals surface area contributed by atoms with Gasteiger partial charge in [0.2, 0.25) is 0 Å². The molecule has 3 aromatic heterocycles. The Morgan fingerprint density at radius 1 is 0.522 bits per heavy atom. The summed E-state index contributed by atoms with van der Waals surface area (Å²) in [6, 6.07) is 47.7. The molecule has 0 radical (unpaired) electrons. The van der Waals surface area contributed by atoms with Crippen molar-refractivity contribution in [3.05, 3.63) is 157 Å². The molecule has 0 fully saturated rings. The molecule has 9 aromatic rings. The summed E-state index contributed by atoms with van der Waals surface area (Å²) in [4.78, 5) is 0. The Balaban J connectivity index is 1.21. The van der Waals surface area contributed by atoms with Gasteiger partial charge >= 0.3 is 0 Å². The van der Waals surface area contributed by atoms with Gasteiger partial charge in [-0.25, -0.2) is 0 Å². The van der Waals surface area contributed by atoms with Gasteiger partial charge in [-0.05, 0) is 84.8 Å². The summed E-state index contributed by atoms with van der Waals surface area (Å²) in [7, 11) is 0. The summed E-state index contributed by atoms with van der Waals surface area (Å²) < 4.78 is 11.1. The Morgan fingerprint density at radius 2 is 1.11 bits per heavy atom. The van der Waals surface area contributed by atoms with Crippen LogP contribution in [-0.2, 0) is 0 Å². The zero-order valence-electron chi connectivity index (χ0n) is 25.4. The van der Waals surface area contributed by atoms with Crippen molar-refractivity contribution in [2.24, 2.45) is 0 Å². The van der Waals surface area contributed by atoms with Crippen LogP contribution in [0.5, 0.6) is 0 Å². The third-order valence-electron chi connectivity index (χ3n) is 9.21. The molecule has 9 rings (SSSR count). The molecule has 3 heteroatoms. The largest absolute Gasteiger partial charge is 0.456 e. The Labute approximate surface area is 266 Å². The molecule has 0 bridgehead atoms. The van der Waals surface area contributed by atoms with Crippen molar-refractivity contribution in [2.75, 3.05) is 0 Å². The molecule has 3 heterocycles. The molecule has 0 aliphatic rings. The van der Waals surface area contributed by atoms with Crippen LogP contribution in [0.15, 0.2) is 151 Å². The SMILES string of the molecule is C=Cc1c(/C=C\C)n(-c2ccc3oc4ccc(-c5cccc(-n6c7ccccc7c7ccccc76)c5)cc4c3c2)c2ccccc12. The number of benzene rings is 6. The molecule has 0 saturated carbocycles. The fourth-order valence-corrected chi connectivity index (χ4v) is 7.21. The first-order valence-corrected chi connectivity index (χ1v) is 15.7. The summed E-state index contributed by atoms with van der Waals surface area (Å²) >= 11 is 0. The lowest BCUT2D eigenvalue weighted by Gasteiger charge is -2.11. The summed E-state index contributed by atoms with van der Waals surface area (Å²) in [6.07, 6.45) is 6.21. The number of allylic oxidation sites excluding steroid dienone is 1. The van der Waals surface area contributed by atoms with Gasteiger partial charge in [0.1, 0.15) is 11.2 Å². The van der Waals surface area contributed by atoms with Crippen LogP contribution in [0.1, 0.15) is 18.2 Å². The van der Waals surface area contributed by atoms with E-state index in [9.17, 15) is 0 Å². The van der Waals surface area contributed by atoms with Gasteiger partial charge in [0.25, 0.3) is 0 Å². The second-order valence-corrected chi connectivity index (χ2v) is 11.8. The highest BCUT2D eigenvalue weighted by Crippen LogP contribution is 2.38. The topological polar surface area (TPSA) is 23.0 Å². The highest BCUT2D eigenvalue weighted by Gasteiger charge is 2.17. The molecule has 218 valence electrons. The average molecular weight is 591 g/mol. The summed E-state index contributed by atoms with van der Waals surface area (Å²) in [5, 5.41) is 5.91. The molecule has 46 heavy (non-hydrogen) atoms. The lowest BCUT2D eigenvalue weighted by Crippen LogP contribution is -1.96. The summed E-state index contributed by atoms with van der Waals surface area (Å²) in [5.74, 6) is 0. The molecular formula is C43H30N2O. The zero-order valence-corrected chi connectivity index (χ0v) is 25.4. The number of hydrogen-bond acceptors (Lipinski definition) is 1. The van der Waals surface area contributed by atoms with E-state index in [1.807, 2.05) is 6.08 Å². The van der Waals surface area contributed by atoms with Crippen LogP contribution in [-0.4, -0.2) is 9.13 Å². The van der Waals surface area contributed by atoms with Crippen molar-refractivity contribution in [1.82, 2.24) is 9.13 Å². The lowest BCUT2D eigenvalue weighted by atomic mass is 10.0. The molecule has 0 unspecified atom stereocenters. The monoisotopic (exact) mass is 590 g/mol. The van der Waals surface area contributed by atoms with Crippen molar-refractivity contribution in [1.29, 1.82) is 0 Å². The zero-order chi connectivity index (χ0) is 30.8. The number of furan rings is 1. The lowest BCUT2D eigenvalue weighted by molar-refractivity contribution is 0.669. The highest BCUT2D eigenvalue weighted by atomic mass is 16.3. The van der Waals surface area contributed by atoms with Gasteiger partial charge in [-0.15, -0.1) is 0 Å². The van der Waals surface area contributed by atoms with Crippen LogP contribution in [0.3, 0.4) is 0 Å². The third kappa shape index (κ3) is 3.85. The van der Waals surface area contributed by atoms with E-state index in [0.717, 1.165) is 61.2 Å². The average Bonchev–Trinajstić information content (AvgIpc) is 3.75. The Morgan fingerprint density at radius 3 is 1.80 bits per heavy atom. The standard InChI is InChI=1S/C43H30N2O/c1-3-12-38-32(4-2)33-15-5-8-18-39(33)45(38)31-22-24-43-37(27-31)36-26-29(21-23-42(36)46-43)28-13-11-14-30(25-28)44-40-19-9-6-16-34(40)35-17-7-10-20-41(35)44/h3-27H,2H2,1H3/b12-3-. The molecule has 0 saturated heterocycles. The molecule has 0 N–H and O–H groups in total. The van der Waals surface area contributed by atoms with E-state index in [1.165, 1.54) is 27.2 Å². The minimum atomic E-state index is 0.878. The third-order valence-corrected chi connectivity index (χ3v) is 9.21. The predicted octanol–water partition coefficient (Wildman–Crippen LogP) is 12.0. The normalized spacial score (nSPS) is 12.0. The Hall–Kier alpha value is -6.06. The fraction of sp³-hybridized carbons (Fsp3) is 0.0233. The highest BCUT2D eigenvalue weighted by molar-refractivity contribution is 6.10. The molecule has 0 atom stereocenters. The Kier molecular flexibility index (Phi) is 5.87. The first kappa shape index (κ1) is 26.4. The van der Waals surface area contributed by atoms with E-state index >= 15 is 0 Å². The molecule has 6 aromatic carbocycles. The van der Waals surface area contributed by atoms with Crippen molar-refractivity contribution in [3.63, 3.8) is 0 Å². The summed E-state index contributed by atoms with van der Waals surface area (Å²) in [6.45, 7) is 6.20. The van der Waals surface area contributed by atoms with E-state index in [-0.39, 0.29) is 0 Å². The number of para-hydroxylation sites is 3. The van der Waals surface area contributed by atoms with Gasteiger partial charge in [-0.3, -0.25) is 0 Å². The maximum atomic E-state index is 6.36. The molecule has 0 aliphatic carbocycles. The predicted molar refractivity (Wildman–Crippen MR) is 195 cm³/mol. The minimum Gasteiger partial charge on any atom is -0.456 e. The van der Waals surface area contributed by atoms with Gasteiger partial charge in [0.15, 0.2) is 0 Å². The first-order chi connectivity index (χ1) is 22.7. The second kappa shape index (κ2) is 10.3. The second-order valence-electron chi connectivity index (χ2n) is 11.8. The van der Waals surface area contributed by atoms with E-state index < -0.39 is 0 Å². The molecular weight excluding hydrogens is 560 g/mol. The van der Waals surface area contributed by atoms with Crippen LogP contribution in [0.25, 0.3) is 89.3 Å². The minimum absolute atomic E-state index is 0.878. The quantitative estimate of drug-likeness (QED) is 0.195. The number of hydrogen-bond donors (Lipinski definition) is 0. The van der Waals surface area contributed by atoms with Gasteiger partial charge < -0.3 is 13.6 Å². The van der Waals surface area contributed by atoms with Crippen LogP contribution < -0.4 is 0 Å². The van der Waals surface area contributed by atoms with Crippen LogP contribution in [0, 0.1) is 0 Å². The molecule has 0 amide bonds. The van der Waals surface area contributed by atoms with E-state index in [4.69, 9.17) is 4.42 Å². The van der Waals surface area contributed by atoms with Crippen LogP contribution >= 0.6 is 0 Å². The Bertz CT molecular complexity index is 2620. The molecule has 3 nitrogen and oxygen atoms in total. The smallest absolute Gasteiger partial charge is 0.135 e. The van der Waals surface area contributed by atoms with E-state index in [1.54, 1.807) is 0 Å². The maximum absolute atomic E-state index is 6.36. The fourth-order valence-electron chi connectivity index (χ4n) is 7.21. The van der Waals surface area contributed by atoms with Gasteiger partial charge in [0.05, 0.1) is 22.2 Å². The number of nitrogens with zero attached hydrogens (tertiary/aromatic N) is 2. The van der Waals surface area contributed by atoms with Crippen LogP contribution in [0.2, 0.25) is 0 Å². The van der Waals surface area contributed by atoms with E-state index in [2.05, 4.69) is 168 Å². The van der Waals surface area contributed by atoms with Gasteiger partial charge in [-0.1, -0.05) is 91.5 Å². The van der Waals surface area contributed by atoms with Gasteiger partial charge in [0, 0.05) is 43.9 Å². The summed E-state index contributed by atoms with van der Waals surface area (Å²) in [5.41, 5.74) is 12.1.